The fourth-order valence-corrected chi connectivity index (χ4v) is 2.61. The van der Waals surface area contributed by atoms with Crippen LogP contribution in [0.15, 0.2) is 28.7 Å². The number of ether oxygens (including phenoxy) is 1. The molecule has 1 aromatic carbocycles. The van der Waals surface area contributed by atoms with E-state index in [1.54, 1.807) is 0 Å². The molecule has 4 heteroatoms. The number of methoxy groups -OCH3 is 1. The van der Waals surface area contributed by atoms with Crippen LogP contribution in [0.3, 0.4) is 0 Å². The van der Waals surface area contributed by atoms with Crippen LogP contribution in [0.25, 0.3) is 0 Å². The summed E-state index contributed by atoms with van der Waals surface area (Å²) in [7, 11) is 1.44. The van der Waals surface area contributed by atoms with E-state index in [1.807, 2.05) is 31.2 Å². The molecule has 1 aromatic rings. The lowest BCUT2D eigenvalue weighted by molar-refractivity contribution is -0.149. The van der Waals surface area contributed by atoms with Gasteiger partial charge in [-0.15, -0.1) is 0 Å². The molecule has 0 bridgehead atoms. The summed E-state index contributed by atoms with van der Waals surface area (Å²) in [5.41, 5.74) is 0.234. The highest BCUT2D eigenvalue weighted by Crippen LogP contribution is 2.33. The third-order valence-electron chi connectivity index (χ3n) is 3.41. The minimum absolute atomic E-state index is 0.213. The number of esters is 1. The van der Waals surface area contributed by atoms with Crippen molar-refractivity contribution in [2.75, 3.05) is 7.11 Å². The molecular formula is C14H18BrNO2. The Bertz CT molecular complexity index is 445. The molecule has 1 saturated carbocycles. The van der Waals surface area contributed by atoms with Crippen LogP contribution in [0.2, 0.25) is 0 Å². The summed E-state index contributed by atoms with van der Waals surface area (Å²) in [4.78, 5) is 12.2. The molecule has 1 unspecified atom stereocenters. The van der Waals surface area contributed by atoms with Crippen LogP contribution in [0, 0.1) is 0 Å². The summed E-state index contributed by atoms with van der Waals surface area (Å²) in [6.07, 6.45) is 2.94. The van der Waals surface area contributed by atoms with Crippen LogP contribution in [0.1, 0.15) is 31.7 Å². The third-order valence-corrected chi connectivity index (χ3v) is 3.90. The van der Waals surface area contributed by atoms with Crippen LogP contribution >= 0.6 is 15.9 Å². The zero-order valence-corrected chi connectivity index (χ0v) is 12.3. The fourth-order valence-electron chi connectivity index (χ4n) is 2.21. The average molecular weight is 312 g/mol. The number of nitrogens with one attached hydrogen (secondary N) is 1. The molecular weight excluding hydrogens is 294 g/mol. The van der Waals surface area contributed by atoms with Gasteiger partial charge < -0.3 is 4.74 Å². The molecule has 0 heterocycles. The smallest absolute Gasteiger partial charge is 0.330 e. The molecule has 1 N–H and O–H groups in total. The summed E-state index contributed by atoms with van der Waals surface area (Å²) >= 11 is 3.46. The summed E-state index contributed by atoms with van der Waals surface area (Å²) in [5, 5.41) is 3.45. The van der Waals surface area contributed by atoms with E-state index in [9.17, 15) is 4.79 Å². The second-order valence-corrected chi connectivity index (χ2v) is 5.60. The number of benzene rings is 1. The Morgan fingerprint density at radius 2 is 2.28 bits per heavy atom. The van der Waals surface area contributed by atoms with Crippen LogP contribution < -0.4 is 5.32 Å². The maximum Gasteiger partial charge on any atom is 0.330 e. The monoisotopic (exact) mass is 311 g/mol. The molecule has 0 saturated heterocycles. The van der Waals surface area contributed by atoms with Gasteiger partial charge in [-0.2, -0.15) is 0 Å². The van der Waals surface area contributed by atoms with Crippen molar-refractivity contribution >= 4 is 21.9 Å². The maximum atomic E-state index is 12.2. The minimum atomic E-state index is -0.723. The predicted octanol–water partition coefficient (Wildman–Crippen LogP) is 2.98. The Kier molecular flexibility index (Phi) is 4.07. The first-order valence-electron chi connectivity index (χ1n) is 6.24. The Morgan fingerprint density at radius 3 is 2.78 bits per heavy atom. The van der Waals surface area contributed by atoms with Crippen LogP contribution in [-0.2, 0) is 15.1 Å². The van der Waals surface area contributed by atoms with E-state index >= 15 is 0 Å². The lowest BCUT2D eigenvalue weighted by atomic mass is 9.87. The molecule has 1 aliphatic carbocycles. The van der Waals surface area contributed by atoms with Crippen molar-refractivity contribution in [3.05, 3.63) is 34.3 Å². The van der Waals surface area contributed by atoms with E-state index in [0.29, 0.717) is 12.5 Å². The second kappa shape index (κ2) is 5.41. The second-order valence-electron chi connectivity index (χ2n) is 4.68. The first-order valence-corrected chi connectivity index (χ1v) is 7.04. The molecule has 0 aliphatic heterocycles. The van der Waals surface area contributed by atoms with Gasteiger partial charge in [0.2, 0.25) is 0 Å². The zero-order valence-electron chi connectivity index (χ0n) is 10.7. The van der Waals surface area contributed by atoms with Crippen molar-refractivity contribution in [3.63, 3.8) is 0 Å². The van der Waals surface area contributed by atoms with Gasteiger partial charge in [0, 0.05) is 10.5 Å². The van der Waals surface area contributed by atoms with Crippen LogP contribution in [0.4, 0.5) is 0 Å². The summed E-state index contributed by atoms with van der Waals surface area (Å²) < 4.78 is 5.98. The SMILES string of the molecule is CCC(NC1CC1)(C(=O)OC)c1cccc(Br)c1. The number of carbonyl (C=O) groups excluding carboxylic acids is 1. The zero-order chi connectivity index (χ0) is 13.2. The highest BCUT2D eigenvalue weighted by Gasteiger charge is 2.43. The molecule has 1 aliphatic rings. The number of hydrogen-bond donors (Lipinski definition) is 1. The average Bonchev–Trinajstić information content (AvgIpc) is 3.19. The number of rotatable bonds is 5. The Balaban J connectivity index is 2.41. The van der Waals surface area contributed by atoms with Gasteiger partial charge in [-0.05, 0) is 37.0 Å². The van der Waals surface area contributed by atoms with E-state index in [2.05, 4.69) is 21.2 Å². The van der Waals surface area contributed by atoms with Crippen molar-refractivity contribution < 1.29 is 9.53 Å². The normalized spacial score (nSPS) is 18.2. The van der Waals surface area contributed by atoms with E-state index < -0.39 is 5.54 Å². The molecule has 0 spiro atoms. The molecule has 3 nitrogen and oxygen atoms in total. The molecule has 18 heavy (non-hydrogen) atoms. The van der Waals surface area contributed by atoms with Crippen LogP contribution in [-0.4, -0.2) is 19.1 Å². The minimum Gasteiger partial charge on any atom is -0.467 e. The first kappa shape index (κ1) is 13.6. The van der Waals surface area contributed by atoms with Crippen molar-refractivity contribution in [2.45, 2.75) is 37.8 Å². The summed E-state index contributed by atoms with van der Waals surface area (Å²) in [6.45, 7) is 2.01. The van der Waals surface area contributed by atoms with Gasteiger partial charge in [0.15, 0.2) is 0 Å². The lowest BCUT2D eigenvalue weighted by Crippen LogP contribution is -2.50. The van der Waals surface area contributed by atoms with Gasteiger partial charge in [-0.1, -0.05) is 35.0 Å². The van der Waals surface area contributed by atoms with Crippen molar-refractivity contribution in [2.24, 2.45) is 0 Å². The van der Waals surface area contributed by atoms with E-state index in [0.717, 1.165) is 22.9 Å². The van der Waals surface area contributed by atoms with E-state index in [4.69, 9.17) is 4.74 Å². The molecule has 0 aromatic heterocycles. The first-order chi connectivity index (χ1) is 8.62. The summed E-state index contributed by atoms with van der Waals surface area (Å²) in [5.74, 6) is -0.213. The van der Waals surface area contributed by atoms with Gasteiger partial charge in [0.05, 0.1) is 7.11 Å². The van der Waals surface area contributed by atoms with Gasteiger partial charge in [-0.3, -0.25) is 5.32 Å². The molecule has 1 fully saturated rings. The Morgan fingerprint density at radius 1 is 1.56 bits per heavy atom. The molecule has 98 valence electrons. The maximum absolute atomic E-state index is 12.2. The van der Waals surface area contributed by atoms with Crippen molar-refractivity contribution in [1.82, 2.24) is 5.32 Å². The highest BCUT2D eigenvalue weighted by molar-refractivity contribution is 9.10. The van der Waals surface area contributed by atoms with Crippen molar-refractivity contribution in [3.8, 4) is 0 Å². The standard InChI is InChI=1S/C14H18BrNO2/c1-3-14(13(17)18-2,16-12-7-8-12)10-5-4-6-11(15)9-10/h4-6,9,12,16H,3,7-8H2,1-2H3. The predicted molar refractivity (Wildman–Crippen MR) is 74.3 cm³/mol. The lowest BCUT2D eigenvalue weighted by Gasteiger charge is -2.32. The molecule has 2 rings (SSSR count). The van der Waals surface area contributed by atoms with E-state index in [1.165, 1.54) is 7.11 Å². The van der Waals surface area contributed by atoms with Gasteiger partial charge in [-0.25, -0.2) is 4.79 Å². The molecule has 0 amide bonds. The number of hydrogen-bond acceptors (Lipinski definition) is 3. The molecule has 0 radical (unpaired) electrons. The quantitative estimate of drug-likeness (QED) is 0.850. The third kappa shape index (κ3) is 2.59. The van der Waals surface area contributed by atoms with Gasteiger partial charge >= 0.3 is 5.97 Å². The van der Waals surface area contributed by atoms with Crippen LogP contribution in [0.5, 0.6) is 0 Å². The fraction of sp³-hybridized carbons (Fsp3) is 0.500. The van der Waals surface area contributed by atoms with Gasteiger partial charge in [0.25, 0.3) is 0 Å². The van der Waals surface area contributed by atoms with Crippen molar-refractivity contribution in [1.29, 1.82) is 0 Å². The topological polar surface area (TPSA) is 38.3 Å². The Labute approximate surface area is 116 Å². The molecule has 1 atom stereocenters. The Hall–Kier alpha value is -0.870. The van der Waals surface area contributed by atoms with Gasteiger partial charge in [0.1, 0.15) is 5.54 Å². The number of halogens is 1. The largest absolute Gasteiger partial charge is 0.467 e. The highest BCUT2D eigenvalue weighted by atomic mass is 79.9. The summed E-state index contributed by atoms with van der Waals surface area (Å²) in [6, 6.07) is 8.29. The van der Waals surface area contributed by atoms with E-state index in [-0.39, 0.29) is 5.97 Å². The number of carbonyl (C=O) groups is 1.